The van der Waals surface area contributed by atoms with E-state index in [1.165, 1.54) is 0 Å². The molecule has 0 aromatic rings. The lowest BCUT2D eigenvalue weighted by Gasteiger charge is -2.19. The van der Waals surface area contributed by atoms with Gasteiger partial charge in [-0.15, -0.1) is 0 Å². The molecule has 7 nitrogen and oxygen atoms in total. The van der Waals surface area contributed by atoms with Crippen molar-refractivity contribution in [2.45, 2.75) is 32.1 Å². The van der Waals surface area contributed by atoms with Gasteiger partial charge in [0.2, 0.25) is 6.79 Å². The number of alkyl carbamates (subject to hydrolysis) is 1. The van der Waals surface area contributed by atoms with E-state index in [1.807, 2.05) is 5.32 Å². The van der Waals surface area contributed by atoms with Gasteiger partial charge >= 0.3 is 18.0 Å². The fraction of sp³-hybridized carbons (Fsp3) is 0.727. The monoisotopic (exact) mass is 259 g/mol. The molecule has 1 saturated carbocycles. The van der Waals surface area contributed by atoms with Gasteiger partial charge in [0, 0.05) is 0 Å². The van der Waals surface area contributed by atoms with Gasteiger partial charge in [-0.3, -0.25) is 9.59 Å². The van der Waals surface area contributed by atoms with Crippen LogP contribution in [0.25, 0.3) is 0 Å². The summed E-state index contributed by atoms with van der Waals surface area (Å²) in [5.41, 5.74) is 0. The molecule has 0 heterocycles. The van der Waals surface area contributed by atoms with Crippen LogP contribution in [0.15, 0.2) is 0 Å². The number of carboxylic acid groups (broad SMARTS) is 1. The molecule has 102 valence electrons. The summed E-state index contributed by atoms with van der Waals surface area (Å²) >= 11 is 0. The fourth-order valence-corrected chi connectivity index (χ4v) is 1.80. The van der Waals surface area contributed by atoms with Gasteiger partial charge in [0.05, 0.1) is 5.92 Å². The number of amides is 1. The summed E-state index contributed by atoms with van der Waals surface area (Å²) in [4.78, 5) is 32.6. The number of rotatable bonds is 5. The number of carboxylic acids is 1. The molecule has 0 bridgehead atoms. The summed E-state index contributed by atoms with van der Waals surface area (Å²) in [5.74, 6) is -1.64. The van der Waals surface area contributed by atoms with Crippen LogP contribution in [0, 0.1) is 5.92 Å². The molecule has 0 atom stereocenters. The van der Waals surface area contributed by atoms with Crippen LogP contribution in [-0.2, 0) is 19.1 Å². The van der Waals surface area contributed by atoms with Crippen LogP contribution < -0.4 is 5.32 Å². The van der Waals surface area contributed by atoms with Crippen LogP contribution in [0.5, 0.6) is 0 Å². The summed E-state index contributed by atoms with van der Waals surface area (Å²) in [7, 11) is 0. The third-order valence-electron chi connectivity index (χ3n) is 2.71. The molecule has 0 unspecified atom stereocenters. The Morgan fingerprint density at radius 3 is 2.39 bits per heavy atom. The Morgan fingerprint density at radius 1 is 1.11 bits per heavy atom. The molecule has 0 aliphatic heterocycles. The van der Waals surface area contributed by atoms with Crippen molar-refractivity contribution in [1.82, 2.24) is 5.32 Å². The van der Waals surface area contributed by atoms with Gasteiger partial charge in [-0.2, -0.15) is 0 Å². The number of ether oxygens (including phenoxy) is 2. The average molecular weight is 259 g/mol. The van der Waals surface area contributed by atoms with Crippen molar-refractivity contribution in [2.75, 3.05) is 13.3 Å². The molecule has 0 aromatic heterocycles. The van der Waals surface area contributed by atoms with Crippen molar-refractivity contribution >= 4 is 18.0 Å². The molecule has 0 aromatic carbocycles. The molecule has 1 aliphatic rings. The van der Waals surface area contributed by atoms with Crippen LogP contribution in [-0.4, -0.2) is 36.5 Å². The Labute approximate surface area is 104 Å². The van der Waals surface area contributed by atoms with E-state index in [1.54, 1.807) is 0 Å². The standard InChI is InChI=1S/C11H17NO6/c13-9(14)6-12-11(16)18-7-17-10(15)8-4-2-1-3-5-8/h8H,1-7H2,(H,12,16)(H,13,14). The van der Waals surface area contributed by atoms with E-state index >= 15 is 0 Å². The molecule has 1 aliphatic carbocycles. The summed E-state index contributed by atoms with van der Waals surface area (Å²) in [6.45, 7) is -1.02. The van der Waals surface area contributed by atoms with Crippen LogP contribution in [0.3, 0.4) is 0 Å². The quantitative estimate of drug-likeness (QED) is 0.561. The Balaban J connectivity index is 2.10. The Bertz CT molecular complexity index is 311. The SMILES string of the molecule is O=C(O)CNC(=O)OCOC(=O)C1CCCCC1. The summed E-state index contributed by atoms with van der Waals surface area (Å²) < 4.78 is 9.29. The minimum Gasteiger partial charge on any atom is -0.480 e. The highest BCUT2D eigenvalue weighted by Crippen LogP contribution is 2.24. The highest BCUT2D eigenvalue weighted by atomic mass is 16.7. The van der Waals surface area contributed by atoms with Crippen molar-refractivity contribution < 1.29 is 29.0 Å². The summed E-state index contributed by atoms with van der Waals surface area (Å²) in [5, 5.41) is 10.3. The fourth-order valence-electron chi connectivity index (χ4n) is 1.80. The minimum atomic E-state index is -1.17. The van der Waals surface area contributed by atoms with Gasteiger partial charge in [0.15, 0.2) is 0 Å². The number of aliphatic carboxylic acids is 1. The molecule has 7 heteroatoms. The summed E-state index contributed by atoms with van der Waals surface area (Å²) in [6.07, 6.45) is 3.86. The zero-order valence-corrected chi connectivity index (χ0v) is 10.0. The second-order valence-corrected chi connectivity index (χ2v) is 4.10. The topological polar surface area (TPSA) is 102 Å². The first-order valence-corrected chi connectivity index (χ1v) is 5.88. The first-order chi connectivity index (χ1) is 8.59. The average Bonchev–Trinajstić information content (AvgIpc) is 2.37. The van der Waals surface area contributed by atoms with Crippen molar-refractivity contribution in [3.8, 4) is 0 Å². The number of carbonyl (C=O) groups is 3. The lowest BCUT2D eigenvalue weighted by Crippen LogP contribution is -2.31. The molecule has 0 saturated heterocycles. The Morgan fingerprint density at radius 2 is 1.78 bits per heavy atom. The maximum absolute atomic E-state index is 11.5. The van der Waals surface area contributed by atoms with Crippen molar-refractivity contribution in [3.63, 3.8) is 0 Å². The number of hydrogen-bond donors (Lipinski definition) is 2. The van der Waals surface area contributed by atoms with Crippen molar-refractivity contribution in [3.05, 3.63) is 0 Å². The molecule has 1 fully saturated rings. The van der Waals surface area contributed by atoms with Crippen LogP contribution >= 0.6 is 0 Å². The third kappa shape index (κ3) is 5.51. The molecule has 2 N–H and O–H groups in total. The maximum atomic E-state index is 11.5. The maximum Gasteiger partial charge on any atom is 0.410 e. The van der Waals surface area contributed by atoms with E-state index in [2.05, 4.69) is 4.74 Å². The Hall–Kier alpha value is -1.79. The molecule has 0 radical (unpaired) electrons. The molecule has 1 amide bonds. The van der Waals surface area contributed by atoms with Gasteiger partial charge in [-0.1, -0.05) is 19.3 Å². The van der Waals surface area contributed by atoms with Gasteiger partial charge in [0.1, 0.15) is 6.54 Å². The first-order valence-electron chi connectivity index (χ1n) is 5.88. The minimum absolute atomic E-state index is 0.107. The molecule has 18 heavy (non-hydrogen) atoms. The first kappa shape index (κ1) is 14.3. The molecular formula is C11H17NO6. The van der Waals surface area contributed by atoms with Gasteiger partial charge in [-0.25, -0.2) is 4.79 Å². The number of nitrogens with one attached hydrogen (secondary N) is 1. The predicted molar refractivity (Wildman–Crippen MR) is 59.7 cm³/mol. The molecular weight excluding hydrogens is 242 g/mol. The van der Waals surface area contributed by atoms with Gasteiger partial charge in [-0.05, 0) is 12.8 Å². The van der Waals surface area contributed by atoms with E-state index < -0.39 is 25.4 Å². The van der Waals surface area contributed by atoms with E-state index in [0.717, 1.165) is 32.1 Å². The zero-order chi connectivity index (χ0) is 13.4. The van der Waals surface area contributed by atoms with Gasteiger partial charge < -0.3 is 19.9 Å². The number of carbonyl (C=O) groups excluding carboxylic acids is 2. The normalized spacial score (nSPS) is 15.8. The highest BCUT2D eigenvalue weighted by molar-refractivity contribution is 5.76. The van der Waals surface area contributed by atoms with E-state index in [9.17, 15) is 14.4 Å². The highest BCUT2D eigenvalue weighted by Gasteiger charge is 2.22. The Kier molecular flexibility index (Phi) is 5.96. The number of hydrogen-bond acceptors (Lipinski definition) is 5. The van der Waals surface area contributed by atoms with Crippen LogP contribution in [0.2, 0.25) is 0 Å². The van der Waals surface area contributed by atoms with Gasteiger partial charge in [0.25, 0.3) is 0 Å². The zero-order valence-electron chi connectivity index (χ0n) is 10.0. The van der Waals surface area contributed by atoms with Crippen molar-refractivity contribution in [1.29, 1.82) is 0 Å². The van der Waals surface area contributed by atoms with Crippen LogP contribution in [0.4, 0.5) is 4.79 Å². The van der Waals surface area contributed by atoms with E-state index in [0.29, 0.717) is 0 Å². The number of esters is 1. The lowest BCUT2D eigenvalue weighted by atomic mass is 9.89. The van der Waals surface area contributed by atoms with Crippen LogP contribution in [0.1, 0.15) is 32.1 Å². The third-order valence-corrected chi connectivity index (χ3v) is 2.71. The smallest absolute Gasteiger partial charge is 0.410 e. The molecule has 0 spiro atoms. The lowest BCUT2D eigenvalue weighted by molar-refractivity contribution is -0.158. The van der Waals surface area contributed by atoms with E-state index in [4.69, 9.17) is 9.84 Å². The second kappa shape index (κ2) is 7.52. The van der Waals surface area contributed by atoms with Crippen molar-refractivity contribution in [2.24, 2.45) is 5.92 Å². The predicted octanol–water partition coefficient (Wildman–Crippen LogP) is 0.878. The molecule has 1 rings (SSSR count). The van der Waals surface area contributed by atoms with E-state index in [-0.39, 0.29) is 11.9 Å². The summed E-state index contributed by atoms with van der Waals surface area (Å²) in [6, 6.07) is 0. The second-order valence-electron chi connectivity index (χ2n) is 4.10. The largest absolute Gasteiger partial charge is 0.480 e.